The van der Waals surface area contributed by atoms with Gasteiger partial charge in [0.1, 0.15) is 15.9 Å². The number of hydrogen-bond donors (Lipinski definition) is 2. The minimum Gasteiger partial charge on any atom is -0.495 e. The van der Waals surface area contributed by atoms with Crippen molar-refractivity contribution in [3.8, 4) is 5.75 Å². The van der Waals surface area contributed by atoms with Crippen LogP contribution in [0.3, 0.4) is 0 Å². The van der Waals surface area contributed by atoms with Gasteiger partial charge in [-0.3, -0.25) is 0 Å². The first-order valence-corrected chi connectivity index (χ1v) is 9.28. The molecule has 0 radical (unpaired) electrons. The van der Waals surface area contributed by atoms with E-state index in [1.165, 1.54) is 11.8 Å². The van der Waals surface area contributed by atoms with Crippen molar-refractivity contribution in [2.75, 3.05) is 31.2 Å². The Morgan fingerprint density at radius 3 is 2.64 bits per heavy atom. The van der Waals surface area contributed by atoms with Crippen LogP contribution in [0.15, 0.2) is 24.3 Å². The largest absolute Gasteiger partial charge is 0.495 e. The van der Waals surface area contributed by atoms with E-state index in [1.807, 2.05) is 24.3 Å². The molecule has 0 aliphatic carbocycles. The zero-order valence-electron chi connectivity index (χ0n) is 14.5. The van der Waals surface area contributed by atoms with Gasteiger partial charge in [-0.05, 0) is 26.0 Å². The van der Waals surface area contributed by atoms with Gasteiger partial charge in [0.15, 0.2) is 0 Å². The highest BCUT2D eigenvalue weighted by molar-refractivity contribution is 8.22. The zero-order chi connectivity index (χ0) is 18.2. The highest BCUT2D eigenvalue weighted by Crippen LogP contribution is 2.26. The standard InChI is InChI=1S/C16H22N6OS2/c1-4-22(5-2)16(24)25-10-13-19-14(17)21-15(20-13)18-11-8-6-7-9-12(11)23-3/h6-9H,4-5,10H2,1-3H3,(H3,17,18,19,20,21). The number of ether oxygens (including phenoxy) is 1. The molecule has 0 fully saturated rings. The normalized spacial score (nSPS) is 10.4. The molecule has 0 atom stereocenters. The lowest BCUT2D eigenvalue weighted by molar-refractivity contribution is 0.417. The molecule has 7 nitrogen and oxygen atoms in total. The summed E-state index contributed by atoms with van der Waals surface area (Å²) >= 11 is 6.95. The van der Waals surface area contributed by atoms with Gasteiger partial charge in [-0.1, -0.05) is 36.1 Å². The van der Waals surface area contributed by atoms with E-state index in [4.69, 9.17) is 22.7 Å². The van der Waals surface area contributed by atoms with E-state index >= 15 is 0 Å². The predicted octanol–water partition coefficient (Wildman–Crippen LogP) is 3.07. The Morgan fingerprint density at radius 2 is 1.96 bits per heavy atom. The van der Waals surface area contributed by atoms with E-state index in [9.17, 15) is 0 Å². The van der Waals surface area contributed by atoms with Crippen molar-refractivity contribution in [1.29, 1.82) is 0 Å². The zero-order valence-corrected chi connectivity index (χ0v) is 16.2. The molecule has 2 rings (SSSR count). The van der Waals surface area contributed by atoms with Gasteiger partial charge in [0.2, 0.25) is 11.9 Å². The number of methoxy groups -OCH3 is 1. The summed E-state index contributed by atoms with van der Waals surface area (Å²) < 4.78 is 6.14. The van der Waals surface area contributed by atoms with Crippen LogP contribution in [0.5, 0.6) is 5.75 Å². The summed E-state index contributed by atoms with van der Waals surface area (Å²) in [5.41, 5.74) is 6.57. The Balaban J connectivity index is 2.11. The monoisotopic (exact) mass is 378 g/mol. The molecule has 0 saturated heterocycles. The van der Waals surface area contributed by atoms with Crippen LogP contribution in [0.25, 0.3) is 0 Å². The second-order valence-corrected chi connectivity index (χ2v) is 6.59. The number of rotatable bonds is 7. The van der Waals surface area contributed by atoms with Crippen molar-refractivity contribution in [3.05, 3.63) is 30.1 Å². The van der Waals surface area contributed by atoms with Crippen molar-refractivity contribution < 1.29 is 4.74 Å². The molecule has 2 aromatic rings. The minimum absolute atomic E-state index is 0.164. The summed E-state index contributed by atoms with van der Waals surface area (Å²) in [5.74, 6) is 2.34. The summed E-state index contributed by atoms with van der Waals surface area (Å²) in [7, 11) is 1.61. The first kappa shape index (κ1) is 19.2. The van der Waals surface area contributed by atoms with Crippen LogP contribution in [-0.4, -0.2) is 44.4 Å². The highest BCUT2D eigenvalue weighted by atomic mass is 32.2. The molecule has 0 aliphatic heterocycles. The number of nitrogens with zero attached hydrogens (tertiary/aromatic N) is 4. The smallest absolute Gasteiger partial charge is 0.232 e. The molecule has 134 valence electrons. The van der Waals surface area contributed by atoms with Gasteiger partial charge in [0, 0.05) is 13.1 Å². The van der Waals surface area contributed by atoms with Gasteiger partial charge in [0.25, 0.3) is 0 Å². The lowest BCUT2D eigenvalue weighted by Gasteiger charge is -2.20. The number of nitrogens with two attached hydrogens (primary N) is 1. The van der Waals surface area contributed by atoms with Gasteiger partial charge in [-0.25, -0.2) is 0 Å². The predicted molar refractivity (Wildman–Crippen MR) is 107 cm³/mol. The number of anilines is 3. The molecule has 3 N–H and O–H groups in total. The molecule has 0 saturated carbocycles. The van der Waals surface area contributed by atoms with Crippen molar-refractivity contribution in [2.24, 2.45) is 0 Å². The SMILES string of the molecule is CCN(CC)C(=S)SCc1nc(N)nc(Nc2ccccc2OC)n1. The van der Waals surface area contributed by atoms with E-state index in [2.05, 4.69) is 39.0 Å². The molecule has 1 aromatic heterocycles. The van der Waals surface area contributed by atoms with Crippen molar-refractivity contribution in [2.45, 2.75) is 19.6 Å². The van der Waals surface area contributed by atoms with Crippen molar-refractivity contribution in [3.63, 3.8) is 0 Å². The summed E-state index contributed by atoms with van der Waals surface area (Å²) in [5, 5.41) is 3.12. The third-order valence-corrected chi connectivity index (χ3v) is 4.92. The summed E-state index contributed by atoms with van der Waals surface area (Å²) in [4.78, 5) is 14.9. The van der Waals surface area contributed by atoms with E-state index in [0.29, 0.717) is 23.3 Å². The van der Waals surface area contributed by atoms with Gasteiger partial charge >= 0.3 is 0 Å². The minimum atomic E-state index is 0.164. The summed E-state index contributed by atoms with van der Waals surface area (Å²) in [6, 6.07) is 7.52. The fourth-order valence-corrected chi connectivity index (χ4v) is 3.38. The van der Waals surface area contributed by atoms with Crippen LogP contribution in [0.1, 0.15) is 19.7 Å². The number of benzene rings is 1. The third-order valence-electron chi connectivity index (χ3n) is 3.40. The first-order valence-electron chi connectivity index (χ1n) is 7.89. The van der Waals surface area contributed by atoms with Crippen LogP contribution < -0.4 is 15.8 Å². The number of nitrogens with one attached hydrogen (secondary N) is 1. The maximum atomic E-state index is 5.82. The van der Waals surface area contributed by atoms with Crippen LogP contribution in [0.2, 0.25) is 0 Å². The maximum absolute atomic E-state index is 5.82. The molecular formula is C16H22N6OS2. The van der Waals surface area contributed by atoms with Crippen LogP contribution in [0, 0.1) is 0 Å². The fourth-order valence-electron chi connectivity index (χ4n) is 2.13. The van der Waals surface area contributed by atoms with Gasteiger partial charge < -0.3 is 20.7 Å². The Labute approximate surface area is 157 Å². The number of para-hydroxylation sites is 2. The van der Waals surface area contributed by atoms with Gasteiger partial charge in [-0.15, -0.1) is 0 Å². The van der Waals surface area contributed by atoms with Gasteiger partial charge in [0.05, 0.1) is 18.6 Å². The van der Waals surface area contributed by atoms with Crippen LogP contribution in [0.4, 0.5) is 17.6 Å². The number of hydrogen-bond acceptors (Lipinski definition) is 8. The Bertz CT molecular complexity index is 724. The van der Waals surface area contributed by atoms with E-state index in [0.717, 1.165) is 23.1 Å². The third kappa shape index (κ3) is 5.43. The molecule has 0 bridgehead atoms. The molecule has 9 heteroatoms. The molecule has 0 aliphatic rings. The summed E-state index contributed by atoms with van der Waals surface area (Å²) in [6.07, 6.45) is 0. The van der Waals surface area contributed by atoms with Crippen molar-refractivity contribution >= 4 is 45.9 Å². The van der Waals surface area contributed by atoms with E-state index < -0.39 is 0 Å². The molecule has 0 amide bonds. The topological polar surface area (TPSA) is 89.2 Å². The molecule has 1 heterocycles. The van der Waals surface area contributed by atoms with Gasteiger partial charge in [-0.2, -0.15) is 15.0 Å². The molecular weight excluding hydrogens is 356 g/mol. The number of thioether (sulfide) groups is 1. The Morgan fingerprint density at radius 1 is 1.24 bits per heavy atom. The first-order chi connectivity index (χ1) is 12.1. The Hall–Kier alpha value is -2.13. The Kier molecular flexibility index (Phi) is 7.20. The highest BCUT2D eigenvalue weighted by Gasteiger charge is 2.11. The number of thiocarbonyl (C=S) groups is 1. The average molecular weight is 379 g/mol. The number of nitrogen functional groups attached to an aromatic ring is 1. The summed E-state index contributed by atoms with van der Waals surface area (Å²) in [6.45, 7) is 5.91. The lowest BCUT2D eigenvalue weighted by atomic mass is 10.3. The maximum Gasteiger partial charge on any atom is 0.232 e. The molecule has 0 unspecified atom stereocenters. The van der Waals surface area contributed by atoms with E-state index in [1.54, 1.807) is 7.11 Å². The fraction of sp³-hybridized carbons (Fsp3) is 0.375. The molecule has 1 aromatic carbocycles. The molecule has 0 spiro atoms. The molecule has 25 heavy (non-hydrogen) atoms. The average Bonchev–Trinajstić information content (AvgIpc) is 2.61. The van der Waals surface area contributed by atoms with Crippen molar-refractivity contribution in [1.82, 2.24) is 19.9 Å². The van der Waals surface area contributed by atoms with Crippen LogP contribution in [-0.2, 0) is 5.75 Å². The van der Waals surface area contributed by atoms with E-state index in [-0.39, 0.29) is 5.95 Å². The number of aromatic nitrogens is 3. The quantitative estimate of drug-likeness (QED) is 0.705. The second kappa shape index (κ2) is 9.38. The second-order valence-electron chi connectivity index (χ2n) is 4.99. The lowest BCUT2D eigenvalue weighted by Crippen LogP contribution is -2.26. The van der Waals surface area contributed by atoms with Crippen LogP contribution >= 0.6 is 24.0 Å².